The Kier molecular flexibility index (Phi) is 5.35. The molecule has 142 valence electrons. The molecule has 2 atom stereocenters. The van der Waals surface area contributed by atoms with Crippen molar-refractivity contribution in [3.8, 4) is 0 Å². The van der Waals surface area contributed by atoms with Crippen molar-refractivity contribution in [2.45, 2.75) is 59.4 Å². The number of amides is 2. The second-order valence-electron chi connectivity index (χ2n) is 8.66. The summed E-state index contributed by atoms with van der Waals surface area (Å²) in [4.78, 5) is 31.6. The number of nitrogens with one attached hydrogen (secondary N) is 1. The molecule has 1 aromatic heterocycles. The highest BCUT2D eigenvalue weighted by molar-refractivity contribution is 5.86. The van der Waals surface area contributed by atoms with Crippen molar-refractivity contribution >= 4 is 11.8 Å². The lowest BCUT2D eigenvalue weighted by atomic mass is 9.92. The van der Waals surface area contributed by atoms with Crippen molar-refractivity contribution in [1.82, 2.24) is 15.2 Å². The zero-order chi connectivity index (χ0) is 18.9. The summed E-state index contributed by atoms with van der Waals surface area (Å²) in [5.74, 6) is 1.13. The van der Waals surface area contributed by atoms with Crippen LogP contribution in [0.5, 0.6) is 0 Å². The van der Waals surface area contributed by atoms with E-state index in [0.29, 0.717) is 25.4 Å². The Bertz CT molecular complexity index is 682. The number of hydrogen-bond donors (Lipinski definition) is 1. The summed E-state index contributed by atoms with van der Waals surface area (Å²) in [5, 5.41) is 3.25. The van der Waals surface area contributed by atoms with Crippen molar-refractivity contribution < 1.29 is 9.59 Å². The van der Waals surface area contributed by atoms with Gasteiger partial charge in [0.2, 0.25) is 11.8 Å². The highest BCUT2D eigenvalue weighted by Crippen LogP contribution is 2.51. The SMILES string of the molecule is Cc1ncccc1CC(=O)N1C[C@H](C)[C@H](NC(=O)C2(CC(C)C)CC2)C1. The minimum absolute atomic E-state index is 0.0612. The third-order valence-electron chi connectivity index (χ3n) is 5.87. The first-order valence-electron chi connectivity index (χ1n) is 9.80. The molecule has 1 saturated carbocycles. The molecule has 3 rings (SSSR count). The van der Waals surface area contributed by atoms with Crippen LogP contribution in [0.25, 0.3) is 0 Å². The van der Waals surface area contributed by atoms with Gasteiger partial charge in [0.05, 0.1) is 12.5 Å². The van der Waals surface area contributed by atoms with E-state index in [-0.39, 0.29) is 29.2 Å². The highest BCUT2D eigenvalue weighted by atomic mass is 16.2. The summed E-state index contributed by atoms with van der Waals surface area (Å²) < 4.78 is 0. The van der Waals surface area contributed by atoms with Gasteiger partial charge in [-0.3, -0.25) is 14.6 Å². The molecule has 0 spiro atoms. The highest BCUT2D eigenvalue weighted by Gasteiger charge is 2.50. The Morgan fingerprint density at radius 3 is 2.69 bits per heavy atom. The standard InChI is InChI=1S/C21H31N3O2/c1-14(2)11-21(7-8-21)20(26)23-18-13-24(12-15(18)3)19(25)10-17-6-5-9-22-16(17)4/h5-6,9,14-15,18H,7-8,10-13H2,1-4H3,(H,23,26)/t15-,18+/m0/s1. The minimum atomic E-state index is -0.141. The van der Waals surface area contributed by atoms with Crippen molar-refractivity contribution in [3.63, 3.8) is 0 Å². The van der Waals surface area contributed by atoms with Crippen LogP contribution in [0.3, 0.4) is 0 Å². The van der Waals surface area contributed by atoms with E-state index in [1.165, 1.54) is 0 Å². The fourth-order valence-corrected chi connectivity index (χ4v) is 4.12. The van der Waals surface area contributed by atoms with Crippen LogP contribution < -0.4 is 5.32 Å². The van der Waals surface area contributed by atoms with E-state index in [0.717, 1.165) is 30.5 Å². The Labute approximate surface area is 156 Å². The fourth-order valence-electron chi connectivity index (χ4n) is 4.12. The second-order valence-corrected chi connectivity index (χ2v) is 8.66. The zero-order valence-corrected chi connectivity index (χ0v) is 16.4. The molecular formula is C21H31N3O2. The summed E-state index contributed by atoms with van der Waals surface area (Å²) in [6.07, 6.45) is 5.09. The number of aryl methyl sites for hydroxylation is 1. The largest absolute Gasteiger partial charge is 0.351 e. The summed E-state index contributed by atoms with van der Waals surface area (Å²) in [5.41, 5.74) is 1.74. The van der Waals surface area contributed by atoms with Crippen LogP contribution in [0.4, 0.5) is 0 Å². The number of hydrogen-bond acceptors (Lipinski definition) is 3. The van der Waals surface area contributed by atoms with E-state index in [4.69, 9.17) is 0 Å². The summed E-state index contributed by atoms with van der Waals surface area (Å²) >= 11 is 0. The van der Waals surface area contributed by atoms with E-state index in [1.54, 1.807) is 6.20 Å². The quantitative estimate of drug-likeness (QED) is 0.851. The molecule has 26 heavy (non-hydrogen) atoms. The van der Waals surface area contributed by atoms with E-state index >= 15 is 0 Å². The lowest BCUT2D eigenvalue weighted by Crippen LogP contribution is -2.44. The molecule has 2 heterocycles. The monoisotopic (exact) mass is 357 g/mol. The smallest absolute Gasteiger partial charge is 0.227 e. The molecular weight excluding hydrogens is 326 g/mol. The van der Waals surface area contributed by atoms with E-state index in [1.807, 2.05) is 24.0 Å². The van der Waals surface area contributed by atoms with Crippen molar-refractivity contribution in [2.75, 3.05) is 13.1 Å². The third kappa shape index (κ3) is 4.08. The topological polar surface area (TPSA) is 62.3 Å². The molecule has 1 aromatic rings. The van der Waals surface area contributed by atoms with Gasteiger partial charge in [-0.15, -0.1) is 0 Å². The van der Waals surface area contributed by atoms with Crippen LogP contribution in [-0.4, -0.2) is 40.8 Å². The number of likely N-dealkylation sites (tertiary alicyclic amines) is 1. The molecule has 1 aliphatic heterocycles. The minimum Gasteiger partial charge on any atom is -0.351 e. The van der Waals surface area contributed by atoms with Crippen molar-refractivity contribution in [3.05, 3.63) is 29.6 Å². The van der Waals surface area contributed by atoms with E-state index < -0.39 is 0 Å². The van der Waals surface area contributed by atoms with E-state index in [9.17, 15) is 9.59 Å². The number of nitrogens with zero attached hydrogens (tertiary/aromatic N) is 2. The summed E-state index contributed by atoms with van der Waals surface area (Å²) in [6.45, 7) is 9.72. The van der Waals surface area contributed by atoms with Crippen LogP contribution >= 0.6 is 0 Å². The number of carbonyl (C=O) groups is 2. The Morgan fingerprint density at radius 1 is 1.35 bits per heavy atom. The first-order valence-corrected chi connectivity index (χ1v) is 9.80. The van der Waals surface area contributed by atoms with Gasteiger partial charge in [-0.2, -0.15) is 0 Å². The van der Waals surface area contributed by atoms with Gasteiger partial charge in [0.1, 0.15) is 0 Å². The molecule has 0 radical (unpaired) electrons. The molecule has 2 aliphatic rings. The van der Waals surface area contributed by atoms with Crippen LogP contribution in [0.2, 0.25) is 0 Å². The molecule has 1 saturated heterocycles. The van der Waals surface area contributed by atoms with E-state index in [2.05, 4.69) is 31.1 Å². The lowest BCUT2D eigenvalue weighted by molar-refractivity contribution is -0.130. The molecule has 0 aromatic carbocycles. The molecule has 0 bridgehead atoms. The summed E-state index contributed by atoms with van der Waals surface area (Å²) in [7, 11) is 0. The number of carbonyl (C=O) groups excluding carboxylic acids is 2. The maximum absolute atomic E-state index is 12.8. The predicted octanol–water partition coefficient (Wildman–Crippen LogP) is 2.72. The average molecular weight is 357 g/mol. The van der Waals surface area contributed by atoms with Crippen LogP contribution in [-0.2, 0) is 16.0 Å². The van der Waals surface area contributed by atoms with Crippen molar-refractivity contribution in [1.29, 1.82) is 0 Å². The van der Waals surface area contributed by atoms with Crippen molar-refractivity contribution in [2.24, 2.45) is 17.3 Å². The third-order valence-corrected chi connectivity index (χ3v) is 5.87. The van der Waals surface area contributed by atoms with Gasteiger partial charge in [-0.1, -0.05) is 26.8 Å². The maximum atomic E-state index is 12.8. The van der Waals surface area contributed by atoms with Gasteiger partial charge in [-0.25, -0.2) is 0 Å². The second kappa shape index (κ2) is 7.37. The first kappa shape index (κ1) is 18.9. The predicted molar refractivity (Wildman–Crippen MR) is 101 cm³/mol. The molecule has 1 aliphatic carbocycles. The maximum Gasteiger partial charge on any atom is 0.227 e. The molecule has 1 N–H and O–H groups in total. The van der Waals surface area contributed by atoms with Gasteiger partial charge in [0.25, 0.3) is 0 Å². The van der Waals surface area contributed by atoms with Crippen LogP contribution in [0.1, 0.15) is 51.3 Å². The average Bonchev–Trinajstić information content (AvgIpc) is 3.26. The van der Waals surface area contributed by atoms with Gasteiger partial charge < -0.3 is 10.2 Å². The Hall–Kier alpha value is -1.91. The Morgan fingerprint density at radius 2 is 2.08 bits per heavy atom. The first-order chi connectivity index (χ1) is 12.3. The Balaban J connectivity index is 1.57. The fraction of sp³-hybridized carbons (Fsp3) is 0.667. The number of aromatic nitrogens is 1. The molecule has 2 amide bonds. The van der Waals surface area contributed by atoms with Gasteiger partial charge in [0.15, 0.2) is 0 Å². The lowest BCUT2D eigenvalue weighted by Gasteiger charge is -2.22. The number of rotatable bonds is 6. The normalized spacial score (nSPS) is 24.0. The van der Waals surface area contributed by atoms with Gasteiger partial charge in [0, 0.05) is 30.4 Å². The van der Waals surface area contributed by atoms with Gasteiger partial charge in [-0.05, 0) is 49.7 Å². The molecule has 5 nitrogen and oxygen atoms in total. The van der Waals surface area contributed by atoms with Gasteiger partial charge >= 0.3 is 0 Å². The zero-order valence-electron chi connectivity index (χ0n) is 16.4. The molecule has 5 heteroatoms. The molecule has 0 unspecified atom stereocenters. The number of pyridine rings is 1. The molecule has 2 fully saturated rings. The van der Waals surface area contributed by atoms with Crippen LogP contribution in [0.15, 0.2) is 18.3 Å². The summed E-state index contributed by atoms with van der Waals surface area (Å²) in [6, 6.07) is 3.89. The van der Waals surface area contributed by atoms with Crippen LogP contribution in [0, 0.1) is 24.2 Å².